The second-order valence-corrected chi connectivity index (χ2v) is 6.04. The van der Waals surface area contributed by atoms with Crippen molar-refractivity contribution < 1.29 is 4.79 Å². The number of amides is 1. The lowest BCUT2D eigenvalue weighted by Crippen LogP contribution is -2.47. The molecule has 102 valence electrons. The second kappa shape index (κ2) is 7.70. The molecule has 0 heterocycles. The van der Waals surface area contributed by atoms with Crippen molar-refractivity contribution in [1.29, 1.82) is 0 Å². The van der Waals surface area contributed by atoms with Crippen LogP contribution in [0.5, 0.6) is 0 Å². The third-order valence-electron chi connectivity index (χ3n) is 3.15. The molecule has 3 nitrogen and oxygen atoms in total. The number of rotatable bonds is 8. The molecular weight excluding hydrogens is 212 g/mol. The van der Waals surface area contributed by atoms with Gasteiger partial charge < -0.3 is 10.6 Å². The first kappa shape index (κ1) is 16.4. The number of carbonyl (C=O) groups excluding carboxylic acids is 1. The average Bonchev–Trinajstić information content (AvgIpc) is 2.23. The summed E-state index contributed by atoms with van der Waals surface area (Å²) in [6, 6.07) is 0.410. The highest BCUT2D eigenvalue weighted by Gasteiger charge is 2.17. The van der Waals surface area contributed by atoms with E-state index in [1.807, 2.05) is 13.8 Å². The summed E-state index contributed by atoms with van der Waals surface area (Å²) >= 11 is 0. The van der Waals surface area contributed by atoms with Crippen molar-refractivity contribution in [3.8, 4) is 0 Å². The molecule has 0 radical (unpaired) electrons. The summed E-state index contributed by atoms with van der Waals surface area (Å²) in [6.45, 7) is 13.2. The highest BCUT2D eigenvalue weighted by Crippen LogP contribution is 2.07. The first-order valence-corrected chi connectivity index (χ1v) is 6.81. The molecule has 3 heteroatoms. The Kier molecular flexibility index (Phi) is 7.44. The van der Waals surface area contributed by atoms with Gasteiger partial charge in [0.25, 0.3) is 0 Å². The Balaban J connectivity index is 3.77. The molecule has 0 bridgehead atoms. The summed E-state index contributed by atoms with van der Waals surface area (Å²) < 4.78 is 0. The standard InChI is InChI=1S/C14H30N2O/c1-7-14(5,6)16-13(17)10-15-12(4)9-8-11(2)3/h11-12,15H,7-10H2,1-6H3,(H,16,17). The van der Waals surface area contributed by atoms with Gasteiger partial charge in [-0.25, -0.2) is 0 Å². The molecule has 0 saturated heterocycles. The van der Waals surface area contributed by atoms with Crippen LogP contribution in [0.15, 0.2) is 0 Å². The highest BCUT2D eigenvalue weighted by molar-refractivity contribution is 5.78. The largest absolute Gasteiger partial charge is 0.350 e. The molecule has 0 spiro atoms. The predicted octanol–water partition coefficient (Wildman–Crippen LogP) is 2.71. The second-order valence-electron chi connectivity index (χ2n) is 6.04. The van der Waals surface area contributed by atoms with Gasteiger partial charge in [0.2, 0.25) is 5.91 Å². The lowest BCUT2D eigenvalue weighted by molar-refractivity contribution is -0.122. The summed E-state index contributed by atoms with van der Waals surface area (Å²) in [7, 11) is 0. The van der Waals surface area contributed by atoms with Crippen molar-refractivity contribution in [1.82, 2.24) is 10.6 Å². The van der Waals surface area contributed by atoms with Crippen LogP contribution in [0.1, 0.15) is 60.8 Å². The van der Waals surface area contributed by atoms with Gasteiger partial charge in [0.1, 0.15) is 0 Å². The van der Waals surface area contributed by atoms with Crippen LogP contribution in [0.2, 0.25) is 0 Å². The van der Waals surface area contributed by atoms with Crippen molar-refractivity contribution in [3.05, 3.63) is 0 Å². The molecule has 0 aromatic heterocycles. The van der Waals surface area contributed by atoms with E-state index in [9.17, 15) is 4.79 Å². The van der Waals surface area contributed by atoms with Crippen molar-refractivity contribution in [2.24, 2.45) is 5.92 Å². The fourth-order valence-electron chi connectivity index (χ4n) is 1.46. The Morgan fingerprint density at radius 1 is 1.18 bits per heavy atom. The van der Waals surface area contributed by atoms with Gasteiger partial charge in [-0.1, -0.05) is 20.8 Å². The van der Waals surface area contributed by atoms with Gasteiger partial charge in [0.05, 0.1) is 6.54 Å². The minimum absolute atomic E-state index is 0.0910. The maximum Gasteiger partial charge on any atom is 0.234 e. The van der Waals surface area contributed by atoms with Gasteiger partial charge in [-0.2, -0.15) is 0 Å². The Hall–Kier alpha value is -0.570. The molecule has 0 aliphatic rings. The molecule has 1 atom stereocenters. The molecule has 0 aromatic carbocycles. The van der Waals surface area contributed by atoms with E-state index in [4.69, 9.17) is 0 Å². The van der Waals surface area contributed by atoms with Crippen molar-refractivity contribution in [2.75, 3.05) is 6.54 Å². The number of carbonyl (C=O) groups is 1. The Labute approximate surface area is 107 Å². The van der Waals surface area contributed by atoms with Crippen LogP contribution in [-0.4, -0.2) is 24.0 Å². The first-order valence-electron chi connectivity index (χ1n) is 6.81. The van der Waals surface area contributed by atoms with Gasteiger partial charge in [-0.05, 0) is 46.0 Å². The van der Waals surface area contributed by atoms with Crippen molar-refractivity contribution >= 4 is 5.91 Å². The van der Waals surface area contributed by atoms with Crippen LogP contribution in [-0.2, 0) is 4.79 Å². The van der Waals surface area contributed by atoms with Crippen molar-refractivity contribution in [2.45, 2.75) is 72.4 Å². The van der Waals surface area contributed by atoms with Crippen LogP contribution < -0.4 is 10.6 Å². The normalized spacial score (nSPS) is 13.8. The first-order chi connectivity index (χ1) is 7.76. The Bertz CT molecular complexity index is 224. The molecule has 0 fully saturated rings. The van der Waals surface area contributed by atoms with Gasteiger partial charge in [0, 0.05) is 11.6 Å². The predicted molar refractivity (Wildman–Crippen MR) is 74.0 cm³/mol. The van der Waals surface area contributed by atoms with Crippen LogP contribution in [0.3, 0.4) is 0 Å². The minimum Gasteiger partial charge on any atom is -0.350 e. The van der Waals surface area contributed by atoms with E-state index in [-0.39, 0.29) is 11.4 Å². The molecule has 0 aliphatic heterocycles. The van der Waals surface area contributed by atoms with Gasteiger partial charge in [-0.3, -0.25) is 4.79 Å². The van der Waals surface area contributed by atoms with E-state index in [2.05, 4.69) is 38.3 Å². The van der Waals surface area contributed by atoms with Crippen LogP contribution in [0.25, 0.3) is 0 Å². The maximum atomic E-state index is 11.7. The third kappa shape index (κ3) is 9.16. The summed E-state index contributed by atoms with van der Waals surface area (Å²) in [5, 5.41) is 6.30. The average molecular weight is 242 g/mol. The zero-order valence-electron chi connectivity index (χ0n) is 12.4. The molecule has 1 unspecified atom stereocenters. The molecule has 0 saturated carbocycles. The number of nitrogens with one attached hydrogen (secondary N) is 2. The third-order valence-corrected chi connectivity index (χ3v) is 3.15. The van der Waals surface area contributed by atoms with Crippen LogP contribution in [0.4, 0.5) is 0 Å². The Morgan fingerprint density at radius 3 is 2.24 bits per heavy atom. The molecule has 0 aromatic rings. The van der Waals surface area contributed by atoms with Crippen LogP contribution in [0, 0.1) is 5.92 Å². The summed E-state index contributed by atoms with van der Waals surface area (Å²) in [5.41, 5.74) is -0.0973. The van der Waals surface area contributed by atoms with Crippen molar-refractivity contribution in [3.63, 3.8) is 0 Å². The number of hydrogen-bond donors (Lipinski definition) is 2. The van der Waals surface area contributed by atoms with Crippen LogP contribution >= 0.6 is 0 Å². The smallest absolute Gasteiger partial charge is 0.234 e. The molecular formula is C14H30N2O. The van der Waals surface area contributed by atoms with E-state index >= 15 is 0 Å². The highest BCUT2D eigenvalue weighted by atomic mass is 16.2. The van der Waals surface area contributed by atoms with E-state index in [0.29, 0.717) is 12.6 Å². The quantitative estimate of drug-likeness (QED) is 0.687. The molecule has 0 rings (SSSR count). The number of hydrogen-bond acceptors (Lipinski definition) is 2. The lowest BCUT2D eigenvalue weighted by Gasteiger charge is -2.25. The molecule has 17 heavy (non-hydrogen) atoms. The van der Waals surface area contributed by atoms with Gasteiger partial charge in [-0.15, -0.1) is 0 Å². The van der Waals surface area contributed by atoms with Gasteiger partial charge >= 0.3 is 0 Å². The zero-order chi connectivity index (χ0) is 13.5. The zero-order valence-corrected chi connectivity index (χ0v) is 12.4. The lowest BCUT2D eigenvalue weighted by atomic mass is 10.0. The molecule has 0 aliphatic carbocycles. The SMILES string of the molecule is CCC(C)(C)NC(=O)CNC(C)CCC(C)C. The Morgan fingerprint density at radius 2 is 1.76 bits per heavy atom. The molecule has 1 amide bonds. The summed E-state index contributed by atoms with van der Waals surface area (Å²) in [4.78, 5) is 11.7. The van der Waals surface area contributed by atoms with Gasteiger partial charge in [0.15, 0.2) is 0 Å². The van der Waals surface area contributed by atoms with E-state index in [0.717, 1.165) is 18.8 Å². The van der Waals surface area contributed by atoms with E-state index in [1.165, 1.54) is 6.42 Å². The topological polar surface area (TPSA) is 41.1 Å². The fourth-order valence-corrected chi connectivity index (χ4v) is 1.46. The van der Waals surface area contributed by atoms with E-state index in [1.54, 1.807) is 0 Å². The molecule has 2 N–H and O–H groups in total. The van der Waals surface area contributed by atoms with E-state index < -0.39 is 0 Å². The maximum absolute atomic E-state index is 11.7. The summed E-state index contributed by atoms with van der Waals surface area (Å²) in [5.74, 6) is 0.820. The fraction of sp³-hybridized carbons (Fsp3) is 0.929. The summed E-state index contributed by atoms with van der Waals surface area (Å²) in [6.07, 6.45) is 3.28. The monoisotopic (exact) mass is 242 g/mol. The minimum atomic E-state index is -0.0973.